The Balaban J connectivity index is 2.06. The fourth-order valence-electron chi connectivity index (χ4n) is 1.20. The second-order valence-corrected chi connectivity index (χ2v) is 4.46. The molecular formula is C9H10IN3O2. The smallest absolute Gasteiger partial charge is 0.318 e. The molecule has 5 nitrogen and oxygen atoms in total. The molecule has 1 aromatic heterocycles. The van der Waals surface area contributed by atoms with E-state index in [0.717, 1.165) is 3.70 Å². The number of nitrogens with zero attached hydrogens (tertiary/aromatic N) is 2. The van der Waals surface area contributed by atoms with Crippen molar-refractivity contribution in [3.63, 3.8) is 0 Å². The number of aryl methyl sites for hydroxylation is 1. The zero-order valence-corrected chi connectivity index (χ0v) is 10.3. The fourth-order valence-corrected chi connectivity index (χ4v) is 1.81. The summed E-state index contributed by atoms with van der Waals surface area (Å²) in [6.07, 6.45) is 0. The molecule has 1 fully saturated rings. The van der Waals surface area contributed by atoms with E-state index in [0.29, 0.717) is 24.8 Å². The van der Waals surface area contributed by atoms with Gasteiger partial charge >= 0.3 is 5.97 Å². The number of nitrogens with one attached hydrogen (secondary N) is 1. The van der Waals surface area contributed by atoms with E-state index < -0.39 is 0 Å². The molecule has 15 heavy (non-hydrogen) atoms. The summed E-state index contributed by atoms with van der Waals surface area (Å²) < 4.78 is 5.92. The number of esters is 1. The summed E-state index contributed by atoms with van der Waals surface area (Å²) in [5, 5.41) is 3.02. The molecule has 0 spiro atoms. The molecule has 1 aromatic rings. The highest BCUT2D eigenvalue weighted by atomic mass is 127. The van der Waals surface area contributed by atoms with Gasteiger partial charge in [-0.15, -0.1) is 0 Å². The van der Waals surface area contributed by atoms with Crippen LogP contribution < -0.4 is 10.1 Å². The van der Waals surface area contributed by atoms with Gasteiger partial charge in [-0.2, -0.15) is 4.98 Å². The van der Waals surface area contributed by atoms with Crippen LogP contribution in [0, 0.1) is 16.5 Å². The van der Waals surface area contributed by atoms with Gasteiger partial charge in [-0.3, -0.25) is 4.79 Å². The third-order valence-corrected chi connectivity index (χ3v) is 2.66. The first-order valence-corrected chi connectivity index (χ1v) is 5.66. The minimum Gasteiger partial charge on any atom is -0.407 e. The first kappa shape index (κ1) is 10.7. The largest absolute Gasteiger partial charge is 0.407 e. The van der Waals surface area contributed by atoms with E-state index in [1.165, 1.54) is 0 Å². The molecule has 0 saturated carbocycles. The molecule has 0 aromatic carbocycles. The highest BCUT2D eigenvalue weighted by Gasteiger charge is 2.27. The topological polar surface area (TPSA) is 64.1 Å². The van der Waals surface area contributed by atoms with Gasteiger partial charge in [-0.1, -0.05) is 0 Å². The van der Waals surface area contributed by atoms with Crippen LogP contribution in [0.4, 0.5) is 0 Å². The van der Waals surface area contributed by atoms with Gasteiger partial charge in [0, 0.05) is 19.2 Å². The number of carbonyl (C=O) groups is 1. The quantitative estimate of drug-likeness (QED) is 0.489. The normalized spacial score (nSPS) is 15.9. The lowest BCUT2D eigenvalue weighted by Gasteiger charge is -2.24. The van der Waals surface area contributed by atoms with Crippen LogP contribution in [0.15, 0.2) is 6.07 Å². The molecule has 0 aliphatic carbocycles. The Hall–Kier alpha value is -0.760. The summed E-state index contributed by atoms with van der Waals surface area (Å²) in [7, 11) is 0. The summed E-state index contributed by atoms with van der Waals surface area (Å²) in [6.45, 7) is 3.16. The van der Waals surface area contributed by atoms with Crippen molar-refractivity contribution < 1.29 is 9.53 Å². The molecule has 0 atom stereocenters. The van der Waals surface area contributed by atoms with Crippen molar-refractivity contribution in [1.29, 1.82) is 0 Å². The molecule has 0 amide bonds. The van der Waals surface area contributed by atoms with Crippen LogP contribution >= 0.6 is 22.6 Å². The summed E-state index contributed by atoms with van der Waals surface area (Å²) in [5.74, 6) is 0.695. The number of hydrogen-bond donors (Lipinski definition) is 1. The van der Waals surface area contributed by atoms with Gasteiger partial charge in [0.05, 0.1) is 5.92 Å². The van der Waals surface area contributed by atoms with Crippen molar-refractivity contribution in [2.75, 3.05) is 13.1 Å². The number of carbonyl (C=O) groups excluding carboxylic acids is 1. The van der Waals surface area contributed by atoms with Gasteiger partial charge in [-0.05, 0) is 29.5 Å². The first-order chi connectivity index (χ1) is 7.15. The van der Waals surface area contributed by atoms with Crippen molar-refractivity contribution in [2.45, 2.75) is 6.92 Å². The van der Waals surface area contributed by atoms with Crippen LogP contribution in [0.1, 0.15) is 5.82 Å². The van der Waals surface area contributed by atoms with Crippen LogP contribution in [-0.2, 0) is 4.79 Å². The lowest BCUT2D eigenvalue weighted by atomic mass is 10.0. The van der Waals surface area contributed by atoms with Gasteiger partial charge in [-0.25, -0.2) is 4.98 Å². The minimum atomic E-state index is -0.220. The average molecular weight is 319 g/mol. The van der Waals surface area contributed by atoms with Crippen LogP contribution in [0.25, 0.3) is 0 Å². The predicted octanol–water partition coefficient (Wildman–Crippen LogP) is 0.514. The number of rotatable bonds is 2. The van der Waals surface area contributed by atoms with Crippen molar-refractivity contribution in [3.05, 3.63) is 15.6 Å². The number of ether oxygens (including phenoxy) is 1. The Bertz CT molecular complexity index is 373. The van der Waals surface area contributed by atoms with Gasteiger partial charge in [0.15, 0.2) is 0 Å². The van der Waals surface area contributed by atoms with Crippen LogP contribution in [0.2, 0.25) is 0 Å². The third-order valence-electron chi connectivity index (χ3n) is 2.10. The van der Waals surface area contributed by atoms with Crippen LogP contribution in [0.5, 0.6) is 5.88 Å². The molecular weight excluding hydrogens is 309 g/mol. The second-order valence-electron chi connectivity index (χ2n) is 3.35. The van der Waals surface area contributed by atoms with Crippen LogP contribution in [-0.4, -0.2) is 29.0 Å². The van der Waals surface area contributed by atoms with Crippen LogP contribution in [0.3, 0.4) is 0 Å². The van der Waals surface area contributed by atoms with E-state index in [1.54, 1.807) is 13.0 Å². The van der Waals surface area contributed by atoms with Crippen molar-refractivity contribution in [1.82, 2.24) is 15.3 Å². The molecule has 1 aliphatic heterocycles. The molecule has 0 radical (unpaired) electrons. The van der Waals surface area contributed by atoms with Crippen molar-refractivity contribution in [3.8, 4) is 5.88 Å². The average Bonchev–Trinajstić information content (AvgIpc) is 1.96. The fraction of sp³-hybridized carbons (Fsp3) is 0.444. The first-order valence-electron chi connectivity index (χ1n) is 4.59. The van der Waals surface area contributed by atoms with Crippen molar-refractivity contribution >= 4 is 28.6 Å². The number of hydrogen-bond acceptors (Lipinski definition) is 5. The molecule has 1 saturated heterocycles. The molecule has 2 heterocycles. The molecule has 1 aliphatic rings. The molecule has 1 N–H and O–H groups in total. The number of halogens is 1. The highest BCUT2D eigenvalue weighted by molar-refractivity contribution is 14.1. The maximum Gasteiger partial charge on any atom is 0.318 e. The predicted molar refractivity (Wildman–Crippen MR) is 61.5 cm³/mol. The molecule has 0 bridgehead atoms. The Morgan fingerprint density at radius 1 is 1.60 bits per heavy atom. The Morgan fingerprint density at radius 2 is 2.33 bits per heavy atom. The summed E-state index contributed by atoms with van der Waals surface area (Å²) >= 11 is 2.06. The lowest BCUT2D eigenvalue weighted by molar-refractivity contribution is -0.140. The Labute approximate surface area is 101 Å². The van der Waals surface area contributed by atoms with Crippen molar-refractivity contribution in [2.24, 2.45) is 5.92 Å². The molecule has 80 valence electrons. The molecule has 6 heteroatoms. The zero-order chi connectivity index (χ0) is 10.8. The summed E-state index contributed by atoms with van der Waals surface area (Å²) in [4.78, 5) is 19.6. The Kier molecular flexibility index (Phi) is 3.15. The maximum absolute atomic E-state index is 11.5. The van der Waals surface area contributed by atoms with Gasteiger partial charge in [0.25, 0.3) is 0 Å². The van der Waals surface area contributed by atoms with E-state index >= 15 is 0 Å². The number of aromatic nitrogens is 2. The Morgan fingerprint density at radius 3 is 2.87 bits per heavy atom. The lowest BCUT2D eigenvalue weighted by Crippen LogP contribution is -2.48. The maximum atomic E-state index is 11.5. The zero-order valence-electron chi connectivity index (χ0n) is 8.16. The van der Waals surface area contributed by atoms with Gasteiger partial charge < -0.3 is 10.1 Å². The molecule has 0 unspecified atom stereocenters. The summed E-state index contributed by atoms with van der Waals surface area (Å²) in [5.41, 5.74) is 0. The second kappa shape index (κ2) is 4.40. The van der Waals surface area contributed by atoms with E-state index in [9.17, 15) is 4.79 Å². The van der Waals surface area contributed by atoms with Gasteiger partial charge in [0.2, 0.25) is 5.88 Å². The highest BCUT2D eigenvalue weighted by Crippen LogP contribution is 2.14. The van der Waals surface area contributed by atoms with E-state index in [4.69, 9.17) is 4.74 Å². The standard InChI is InChI=1S/C9H10IN3O2/c1-5-12-7(10)2-8(13-5)15-9(14)6-3-11-4-6/h2,6,11H,3-4H2,1H3. The van der Waals surface area contributed by atoms with E-state index in [1.807, 2.05) is 0 Å². The summed E-state index contributed by atoms with van der Waals surface area (Å²) in [6, 6.07) is 1.65. The SMILES string of the molecule is Cc1nc(I)cc(OC(=O)C2CNC2)n1. The monoisotopic (exact) mass is 319 g/mol. The molecule has 2 rings (SSSR count). The van der Waals surface area contributed by atoms with E-state index in [2.05, 4.69) is 37.9 Å². The third kappa shape index (κ3) is 2.63. The van der Waals surface area contributed by atoms with E-state index in [-0.39, 0.29) is 11.9 Å². The minimum absolute atomic E-state index is 0.0297. The van der Waals surface area contributed by atoms with Gasteiger partial charge in [0.1, 0.15) is 9.53 Å².